The van der Waals surface area contributed by atoms with E-state index < -0.39 is 0 Å². The summed E-state index contributed by atoms with van der Waals surface area (Å²) < 4.78 is 13.7. The fourth-order valence-electron chi connectivity index (χ4n) is 2.28. The third-order valence-corrected chi connectivity index (χ3v) is 3.85. The number of hydrogen-bond acceptors (Lipinski definition) is 2. The fourth-order valence-corrected chi connectivity index (χ4v) is 2.28. The molecule has 1 atom stereocenters. The molecule has 1 saturated carbocycles. The molecule has 0 bridgehead atoms. The van der Waals surface area contributed by atoms with E-state index in [4.69, 9.17) is 5.73 Å². The third kappa shape index (κ3) is 1.80. The van der Waals surface area contributed by atoms with Crippen molar-refractivity contribution in [1.29, 1.82) is 0 Å². The van der Waals surface area contributed by atoms with E-state index in [0.29, 0.717) is 18.2 Å². The fraction of sp³-hybridized carbons (Fsp3) is 0.538. The highest BCUT2D eigenvalue weighted by Gasteiger charge is 2.44. The van der Waals surface area contributed by atoms with Gasteiger partial charge in [0.1, 0.15) is 5.82 Å². The second kappa shape index (κ2) is 4.06. The number of nitrogens with two attached hydrogens (primary N) is 1. The molecule has 3 heteroatoms. The molecule has 0 aliphatic heterocycles. The summed E-state index contributed by atoms with van der Waals surface area (Å²) in [5.41, 5.74) is 6.39. The Morgan fingerprint density at radius 2 is 2.06 bits per heavy atom. The zero-order valence-corrected chi connectivity index (χ0v) is 9.91. The molecule has 1 aromatic rings. The molecular weight excluding hydrogens is 203 g/mol. The highest BCUT2D eigenvalue weighted by atomic mass is 19.1. The summed E-state index contributed by atoms with van der Waals surface area (Å²) in [6.07, 6.45) is 2.40. The van der Waals surface area contributed by atoms with E-state index in [1.165, 1.54) is 18.9 Å². The molecule has 2 nitrogen and oxygen atoms in total. The van der Waals surface area contributed by atoms with Gasteiger partial charge in [0.2, 0.25) is 0 Å². The van der Waals surface area contributed by atoms with Crippen molar-refractivity contribution in [3.63, 3.8) is 0 Å². The number of para-hydroxylation sites is 1. The van der Waals surface area contributed by atoms with E-state index in [-0.39, 0.29) is 11.4 Å². The lowest BCUT2D eigenvalue weighted by atomic mass is 9.93. The van der Waals surface area contributed by atoms with Gasteiger partial charge in [0.25, 0.3) is 0 Å². The first-order valence-corrected chi connectivity index (χ1v) is 5.78. The van der Waals surface area contributed by atoms with Gasteiger partial charge in [-0.3, -0.25) is 0 Å². The number of nitrogens with zero attached hydrogens (tertiary/aromatic N) is 1. The third-order valence-electron chi connectivity index (χ3n) is 3.85. The largest absolute Gasteiger partial charge is 0.365 e. The van der Waals surface area contributed by atoms with Crippen LogP contribution in [0.5, 0.6) is 0 Å². The van der Waals surface area contributed by atoms with Crippen LogP contribution in [-0.2, 0) is 0 Å². The van der Waals surface area contributed by atoms with Gasteiger partial charge in [-0.25, -0.2) is 4.39 Å². The molecule has 2 N–H and O–H groups in total. The quantitative estimate of drug-likeness (QED) is 0.847. The van der Waals surface area contributed by atoms with E-state index in [2.05, 4.69) is 6.92 Å². The van der Waals surface area contributed by atoms with Gasteiger partial charge >= 0.3 is 0 Å². The Morgan fingerprint density at radius 1 is 1.44 bits per heavy atom. The summed E-state index contributed by atoms with van der Waals surface area (Å²) in [5, 5.41) is 0. The smallest absolute Gasteiger partial charge is 0.146 e. The molecule has 0 spiro atoms. The minimum atomic E-state index is -0.176. The Balaban J connectivity index is 2.30. The van der Waals surface area contributed by atoms with Crippen molar-refractivity contribution < 1.29 is 4.39 Å². The van der Waals surface area contributed by atoms with Gasteiger partial charge in [0.15, 0.2) is 0 Å². The average Bonchev–Trinajstić information content (AvgIpc) is 3.12. The Labute approximate surface area is 96.2 Å². The lowest BCUT2D eigenvalue weighted by Gasteiger charge is -2.40. The molecule has 0 saturated heterocycles. The summed E-state index contributed by atoms with van der Waals surface area (Å²) in [5.74, 6) is 0.424. The van der Waals surface area contributed by atoms with Crippen LogP contribution in [0, 0.1) is 11.7 Å². The Hall–Kier alpha value is -1.09. The van der Waals surface area contributed by atoms with Gasteiger partial charge in [0, 0.05) is 13.6 Å². The van der Waals surface area contributed by atoms with Crippen molar-refractivity contribution >= 4 is 5.69 Å². The molecule has 1 aliphatic carbocycles. The first kappa shape index (κ1) is 11.4. The maximum absolute atomic E-state index is 13.7. The average molecular weight is 222 g/mol. The Kier molecular flexibility index (Phi) is 2.89. The molecule has 0 amide bonds. The van der Waals surface area contributed by atoms with Crippen LogP contribution < -0.4 is 10.6 Å². The van der Waals surface area contributed by atoms with E-state index in [1.807, 2.05) is 24.1 Å². The van der Waals surface area contributed by atoms with Crippen LogP contribution in [0.1, 0.15) is 19.8 Å². The SMILES string of the molecule is CN(c1ccccc1F)C(C)(CN)C1CC1. The van der Waals surface area contributed by atoms with Crippen LogP contribution in [-0.4, -0.2) is 19.1 Å². The second-order valence-corrected chi connectivity index (χ2v) is 4.85. The lowest BCUT2D eigenvalue weighted by Crippen LogP contribution is -2.52. The first-order valence-electron chi connectivity index (χ1n) is 5.78. The molecule has 2 rings (SSSR count). The number of benzene rings is 1. The Bertz CT molecular complexity index is 376. The van der Waals surface area contributed by atoms with Gasteiger partial charge in [0.05, 0.1) is 11.2 Å². The van der Waals surface area contributed by atoms with Crippen molar-refractivity contribution in [1.82, 2.24) is 0 Å². The zero-order valence-electron chi connectivity index (χ0n) is 9.91. The van der Waals surface area contributed by atoms with Gasteiger partial charge < -0.3 is 10.6 Å². The minimum Gasteiger partial charge on any atom is -0.365 e. The van der Waals surface area contributed by atoms with E-state index in [0.717, 1.165) is 0 Å². The summed E-state index contributed by atoms with van der Waals surface area (Å²) in [4.78, 5) is 2.00. The number of anilines is 1. The second-order valence-electron chi connectivity index (χ2n) is 4.85. The van der Waals surface area contributed by atoms with Gasteiger partial charge in [-0.05, 0) is 37.8 Å². The summed E-state index contributed by atoms with van der Waals surface area (Å²) in [6.45, 7) is 2.68. The van der Waals surface area contributed by atoms with Crippen molar-refractivity contribution in [2.24, 2.45) is 11.7 Å². The standard InChI is InChI=1S/C13H19FN2/c1-13(9-15,10-7-8-10)16(2)12-6-4-3-5-11(12)14/h3-6,10H,7-9,15H2,1-2H3. The van der Waals surface area contributed by atoms with E-state index in [1.54, 1.807) is 6.07 Å². The predicted molar refractivity (Wildman–Crippen MR) is 65.0 cm³/mol. The molecule has 0 heterocycles. The lowest BCUT2D eigenvalue weighted by molar-refractivity contribution is 0.393. The molecule has 1 fully saturated rings. The minimum absolute atomic E-state index is 0.123. The monoisotopic (exact) mass is 222 g/mol. The molecule has 1 aromatic carbocycles. The van der Waals surface area contributed by atoms with Crippen LogP contribution in [0.15, 0.2) is 24.3 Å². The summed E-state index contributed by atoms with van der Waals surface area (Å²) >= 11 is 0. The summed E-state index contributed by atoms with van der Waals surface area (Å²) in [7, 11) is 1.93. The van der Waals surface area contributed by atoms with E-state index >= 15 is 0 Å². The number of halogens is 1. The molecule has 1 unspecified atom stereocenters. The van der Waals surface area contributed by atoms with E-state index in [9.17, 15) is 4.39 Å². The summed E-state index contributed by atoms with van der Waals surface area (Å²) in [6, 6.07) is 6.88. The maximum atomic E-state index is 13.7. The maximum Gasteiger partial charge on any atom is 0.146 e. The van der Waals surface area contributed by atoms with Crippen LogP contribution >= 0.6 is 0 Å². The van der Waals surface area contributed by atoms with Crippen LogP contribution in [0.3, 0.4) is 0 Å². The van der Waals surface area contributed by atoms with Gasteiger partial charge in [-0.1, -0.05) is 12.1 Å². The van der Waals surface area contributed by atoms with Crippen LogP contribution in [0.4, 0.5) is 10.1 Å². The van der Waals surface area contributed by atoms with Gasteiger partial charge in [-0.15, -0.1) is 0 Å². The highest BCUT2D eigenvalue weighted by molar-refractivity contribution is 5.50. The van der Waals surface area contributed by atoms with Crippen molar-refractivity contribution in [3.05, 3.63) is 30.1 Å². The molecule has 88 valence electrons. The zero-order chi connectivity index (χ0) is 11.8. The van der Waals surface area contributed by atoms with Crippen molar-refractivity contribution in [3.8, 4) is 0 Å². The Morgan fingerprint density at radius 3 is 2.56 bits per heavy atom. The van der Waals surface area contributed by atoms with Crippen molar-refractivity contribution in [2.45, 2.75) is 25.3 Å². The topological polar surface area (TPSA) is 29.3 Å². The number of hydrogen-bond donors (Lipinski definition) is 1. The predicted octanol–water partition coefficient (Wildman–Crippen LogP) is 2.39. The van der Waals surface area contributed by atoms with Crippen LogP contribution in [0.25, 0.3) is 0 Å². The molecule has 0 aromatic heterocycles. The first-order chi connectivity index (χ1) is 7.59. The highest BCUT2D eigenvalue weighted by Crippen LogP contribution is 2.43. The molecule has 1 aliphatic rings. The van der Waals surface area contributed by atoms with Gasteiger partial charge in [-0.2, -0.15) is 0 Å². The molecular formula is C13H19FN2. The van der Waals surface area contributed by atoms with Crippen LogP contribution in [0.2, 0.25) is 0 Å². The number of likely N-dealkylation sites (N-methyl/N-ethyl adjacent to an activating group) is 1. The normalized spacial score (nSPS) is 19.2. The number of rotatable bonds is 4. The van der Waals surface area contributed by atoms with Crippen molar-refractivity contribution in [2.75, 3.05) is 18.5 Å². The molecule has 16 heavy (non-hydrogen) atoms. The molecule has 0 radical (unpaired) electrons.